The van der Waals surface area contributed by atoms with Crippen molar-refractivity contribution in [1.82, 2.24) is 5.32 Å². The van der Waals surface area contributed by atoms with E-state index in [2.05, 4.69) is 43.4 Å². The summed E-state index contributed by atoms with van der Waals surface area (Å²) in [5.41, 5.74) is 2.76. The maximum absolute atomic E-state index is 6.15. The molecule has 1 unspecified atom stereocenters. The van der Waals surface area contributed by atoms with Gasteiger partial charge in [-0.05, 0) is 56.2 Å². The summed E-state index contributed by atoms with van der Waals surface area (Å²) < 4.78 is 6.15. The van der Waals surface area contributed by atoms with Crippen LogP contribution in [0.5, 0.6) is 0 Å². The van der Waals surface area contributed by atoms with Gasteiger partial charge < -0.3 is 10.1 Å². The van der Waals surface area contributed by atoms with Crippen molar-refractivity contribution < 1.29 is 4.74 Å². The summed E-state index contributed by atoms with van der Waals surface area (Å²) in [4.78, 5) is 0. The van der Waals surface area contributed by atoms with Crippen LogP contribution in [0.1, 0.15) is 63.1 Å². The molecule has 1 aromatic carbocycles. The van der Waals surface area contributed by atoms with Crippen LogP contribution in [-0.2, 0) is 11.2 Å². The lowest BCUT2D eigenvalue weighted by molar-refractivity contribution is 0.00881. The highest BCUT2D eigenvalue weighted by molar-refractivity contribution is 5.25. The molecule has 2 rings (SSSR count). The van der Waals surface area contributed by atoms with Crippen molar-refractivity contribution in [1.29, 1.82) is 0 Å². The van der Waals surface area contributed by atoms with E-state index in [1.165, 1.54) is 49.7 Å². The average molecular weight is 289 g/mol. The van der Waals surface area contributed by atoms with Crippen molar-refractivity contribution in [3.05, 3.63) is 35.4 Å². The van der Waals surface area contributed by atoms with Crippen molar-refractivity contribution in [2.24, 2.45) is 5.92 Å². The Morgan fingerprint density at radius 2 is 1.81 bits per heavy atom. The molecule has 2 heteroatoms. The minimum Gasteiger partial charge on any atom is -0.376 e. The van der Waals surface area contributed by atoms with E-state index in [4.69, 9.17) is 4.74 Å². The standard InChI is InChI=1S/C19H31NO/c1-4-5-16-8-10-17(11-9-16)19(20-3)14-21-18-12-6-15(2)7-13-18/h8-11,15,18-20H,4-7,12-14H2,1-3H3. The van der Waals surface area contributed by atoms with Crippen molar-refractivity contribution >= 4 is 0 Å². The molecule has 0 aliphatic heterocycles. The van der Waals surface area contributed by atoms with Crippen LogP contribution in [0.3, 0.4) is 0 Å². The van der Waals surface area contributed by atoms with Gasteiger partial charge in [0.1, 0.15) is 0 Å². The van der Waals surface area contributed by atoms with Gasteiger partial charge in [-0.2, -0.15) is 0 Å². The summed E-state index contributed by atoms with van der Waals surface area (Å²) in [6.45, 7) is 5.36. The van der Waals surface area contributed by atoms with Gasteiger partial charge in [0, 0.05) is 0 Å². The molecule has 118 valence electrons. The molecule has 0 radical (unpaired) electrons. The Balaban J connectivity index is 1.84. The molecule has 0 heterocycles. The summed E-state index contributed by atoms with van der Waals surface area (Å²) in [5.74, 6) is 0.885. The first-order valence-electron chi connectivity index (χ1n) is 8.60. The van der Waals surface area contributed by atoms with Crippen molar-refractivity contribution in [2.45, 2.75) is 64.5 Å². The van der Waals surface area contributed by atoms with Crippen LogP contribution < -0.4 is 5.32 Å². The monoisotopic (exact) mass is 289 g/mol. The lowest BCUT2D eigenvalue weighted by Gasteiger charge is -2.28. The molecule has 0 spiro atoms. The number of hydrogen-bond donors (Lipinski definition) is 1. The number of likely N-dealkylation sites (N-methyl/N-ethyl adjacent to an activating group) is 1. The normalized spacial score (nSPS) is 24.0. The Bertz CT molecular complexity index is 393. The van der Waals surface area contributed by atoms with Crippen LogP contribution in [0.2, 0.25) is 0 Å². The Morgan fingerprint density at radius 1 is 1.14 bits per heavy atom. The third-order valence-electron chi connectivity index (χ3n) is 4.73. The predicted molar refractivity (Wildman–Crippen MR) is 89.6 cm³/mol. The van der Waals surface area contributed by atoms with Gasteiger partial charge in [-0.1, -0.05) is 44.5 Å². The second-order valence-electron chi connectivity index (χ2n) is 6.55. The van der Waals surface area contributed by atoms with Gasteiger partial charge in [0.25, 0.3) is 0 Å². The third-order valence-corrected chi connectivity index (χ3v) is 4.73. The molecule has 0 aromatic heterocycles. The number of rotatable bonds is 7. The average Bonchev–Trinajstić information content (AvgIpc) is 2.51. The molecular weight excluding hydrogens is 258 g/mol. The second kappa shape index (κ2) is 8.55. The van der Waals surface area contributed by atoms with Gasteiger partial charge in [0.05, 0.1) is 18.8 Å². The van der Waals surface area contributed by atoms with Crippen molar-refractivity contribution in [2.75, 3.05) is 13.7 Å². The highest BCUT2D eigenvalue weighted by Gasteiger charge is 2.20. The van der Waals surface area contributed by atoms with E-state index in [9.17, 15) is 0 Å². The minimum atomic E-state index is 0.306. The quantitative estimate of drug-likeness (QED) is 0.798. The summed E-state index contributed by atoms with van der Waals surface area (Å²) in [5, 5.41) is 3.39. The molecule has 1 aromatic rings. The van der Waals surface area contributed by atoms with Gasteiger partial charge in [-0.25, -0.2) is 0 Å². The second-order valence-corrected chi connectivity index (χ2v) is 6.55. The maximum Gasteiger partial charge on any atom is 0.0665 e. The molecule has 0 bridgehead atoms. The van der Waals surface area contributed by atoms with E-state index in [0.717, 1.165) is 12.5 Å². The topological polar surface area (TPSA) is 21.3 Å². The number of aryl methyl sites for hydroxylation is 1. The van der Waals surface area contributed by atoms with Crippen molar-refractivity contribution in [3.63, 3.8) is 0 Å². The molecule has 2 nitrogen and oxygen atoms in total. The minimum absolute atomic E-state index is 0.306. The summed E-state index contributed by atoms with van der Waals surface area (Å²) in [7, 11) is 2.02. The molecule has 1 saturated carbocycles. The lowest BCUT2D eigenvalue weighted by atomic mass is 9.89. The first-order valence-corrected chi connectivity index (χ1v) is 8.60. The summed E-state index contributed by atoms with van der Waals surface area (Å²) in [6, 6.07) is 9.31. The van der Waals surface area contributed by atoms with Crippen LogP contribution in [0.15, 0.2) is 24.3 Å². The smallest absolute Gasteiger partial charge is 0.0665 e. The van der Waals surface area contributed by atoms with Gasteiger partial charge in [0.15, 0.2) is 0 Å². The Labute approximate surface area is 130 Å². The van der Waals surface area contributed by atoms with Gasteiger partial charge in [-0.3, -0.25) is 0 Å². The third kappa shape index (κ3) is 5.12. The zero-order valence-corrected chi connectivity index (χ0v) is 13.9. The molecule has 1 aliphatic carbocycles. The summed E-state index contributed by atoms with van der Waals surface area (Å²) in [6.07, 6.45) is 7.94. The van der Waals surface area contributed by atoms with E-state index in [0.29, 0.717) is 12.1 Å². The molecule has 21 heavy (non-hydrogen) atoms. The maximum atomic E-state index is 6.15. The number of benzene rings is 1. The van der Waals surface area contributed by atoms with E-state index >= 15 is 0 Å². The van der Waals surface area contributed by atoms with Crippen LogP contribution >= 0.6 is 0 Å². The molecule has 1 N–H and O–H groups in total. The lowest BCUT2D eigenvalue weighted by Crippen LogP contribution is -2.27. The molecule has 0 saturated heterocycles. The Morgan fingerprint density at radius 3 is 2.38 bits per heavy atom. The van der Waals surface area contributed by atoms with Crippen LogP contribution in [0.25, 0.3) is 0 Å². The first-order chi connectivity index (χ1) is 10.2. The largest absolute Gasteiger partial charge is 0.376 e. The molecule has 0 amide bonds. The van der Waals surface area contributed by atoms with Crippen LogP contribution in [0, 0.1) is 5.92 Å². The fourth-order valence-electron chi connectivity index (χ4n) is 3.18. The molecule has 1 atom stereocenters. The number of hydrogen-bond acceptors (Lipinski definition) is 2. The van der Waals surface area contributed by atoms with Gasteiger partial charge >= 0.3 is 0 Å². The zero-order chi connectivity index (χ0) is 15.1. The van der Waals surface area contributed by atoms with E-state index in [-0.39, 0.29) is 0 Å². The van der Waals surface area contributed by atoms with Crippen molar-refractivity contribution in [3.8, 4) is 0 Å². The predicted octanol–water partition coefficient (Wildman–Crippen LogP) is 4.49. The van der Waals surface area contributed by atoms with E-state index < -0.39 is 0 Å². The molecule has 1 fully saturated rings. The SMILES string of the molecule is CCCc1ccc(C(COC2CCC(C)CC2)NC)cc1. The van der Waals surface area contributed by atoms with Crippen LogP contribution in [-0.4, -0.2) is 19.8 Å². The van der Waals surface area contributed by atoms with Gasteiger partial charge in [0.2, 0.25) is 0 Å². The molecule has 1 aliphatic rings. The van der Waals surface area contributed by atoms with Crippen LogP contribution in [0.4, 0.5) is 0 Å². The zero-order valence-electron chi connectivity index (χ0n) is 13.9. The first kappa shape index (κ1) is 16.5. The number of nitrogens with one attached hydrogen (secondary N) is 1. The highest BCUT2D eigenvalue weighted by atomic mass is 16.5. The highest BCUT2D eigenvalue weighted by Crippen LogP contribution is 2.26. The summed E-state index contributed by atoms with van der Waals surface area (Å²) >= 11 is 0. The fraction of sp³-hybridized carbons (Fsp3) is 0.684. The molecular formula is C19H31NO. The Hall–Kier alpha value is -0.860. The Kier molecular flexibility index (Phi) is 6.72. The van der Waals surface area contributed by atoms with Gasteiger partial charge in [-0.15, -0.1) is 0 Å². The number of ether oxygens (including phenoxy) is 1. The van der Waals surface area contributed by atoms with E-state index in [1.807, 2.05) is 7.05 Å². The fourth-order valence-corrected chi connectivity index (χ4v) is 3.18. The van der Waals surface area contributed by atoms with E-state index in [1.54, 1.807) is 0 Å².